The van der Waals surface area contributed by atoms with Crippen molar-refractivity contribution in [3.8, 4) is 0 Å². The number of ketones is 1. The number of nitrogens with zero attached hydrogens (tertiary/aromatic N) is 2. The van der Waals surface area contributed by atoms with E-state index in [4.69, 9.17) is 0 Å². The molecule has 4 atom stereocenters. The van der Waals surface area contributed by atoms with Gasteiger partial charge in [-0.3, -0.25) is 9.69 Å². The number of rotatable bonds is 2. The first-order valence-corrected chi connectivity index (χ1v) is 7.60. The summed E-state index contributed by atoms with van der Waals surface area (Å²) in [7, 11) is 0. The van der Waals surface area contributed by atoms with Crippen molar-refractivity contribution in [2.24, 2.45) is 10.8 Å². The topological polar surface area (TPSA) is 20.3 Å². The first-order chi connectivity index (χ1) is 9.43. The van der Waals surface area contributed by atoms with Crippen molar-refractivity contribution in [3.63, 3.8) is 0 Å². The molecule has 4 saturated heterocycles. The Morgan fingerprint density at radius 2 is 1.67 bits per heavy atom. The highest BCUT2D eigenvalue weighted by molar-refractivity contribution is 5.92. The number of carbonyl (C=O) groups is 1. The van der Waals surface area contributed by atoms with Crippen LogP contribution in [-0.4, -0.2) is 48.0 Å². The third kappa shape index (κ3) is 2.14. The first kappa shape index (κ1) is 15.0. The molecule has 1 aromatic rings. The van der Waals surface area contributed by atoms with Crippen LogP contribution in [0.4, 0.5) is 0 Å². The molecule has 0 aromatic heterocycles. The molecule has 5 rings (SSSR count). The molecular weight excluding hydrogens is 284 g/mol. The number of halogens is 1. The lowest BCUT2D eigenvalue weighted by Gasteiger charge is -2.65. The van der Waals surface area contributed by atoms with Crippen molar-refractivity contribution in [2.45, 2.75) is 20.4 Å². The second-order valence-corrected chi connectivity index (χ2v) is 7.88. The van der Waals surface area contributed by atoms with Crippen LogP contribution in [0.5, 0.6) is 0 Å². The maximum atomic E-state index is 12.8. The van der Waals surface area contributed by atoms with E-state index in [1.165, 1.54) is 5.56 Å². The fraction of sp³-hybridized carbons (Fsp3) is 0.588. The van der Waals surface area contributed by atoms with Gasteiger partial charge >= 0.3 is 0 Å². The molecule has 4 fully saturated rings. The van der Waals surface area contributed by atoms with Crippen LogP contribution in [0, 0.1) is 10.8 Å². The molecule has 4 bridgehead atoms. The second kappa shape index (κ2) is 4.55. The van der Waals surface area contributed by atoms with Gasteiger partial charge in [0.1, 0.15) is 13.2 Å². The average Bonchev–Trinajstić information content (AvgIpc) is 2.35. The lowest BCUT2D eigenvalue weighted by molar-refractivity contribution is -0.975. The van der Waals surface area contributed by atoms with Crippen molar-refractivity contribution >= 4 is 5.78 Å². The van der Waals surface area contributed by atoms with Gasteiger partial charge in [0.25, 0.3) is 0 Å². The largest absolute Gasteiger partial charge is 1.00 e. The highest BCUT2D eigenvalue weighted by Crippen LogP contribution is 2.50. The minimum absolute atomic E-state index is 0. The number of hydrogen-bond acceptors (Lipinski definition) is 2. The highest BCUT2D eigenvalue weighted by atomic mass is 35.5. The smallest absolute Gasteiger partial charge is 0.158 e. The van der Waals surface area contributed by atoms with Crippen LogP contribution in [-0.2, 0) is 11.3 Å². The molecule has 0 spiro atoms. The predicted molar refractivity (Wildman–Crippen MR) is 77.8 cm³/mol. The Morgan fingerprint density at radius 3 is 2.24 bits per heavy atom. The summed E-state index contributed by atoms with van der Waals surface area (Å²) in [6.07, 6.45) is 0. The number of Topliss-reactive ketones (excluding diaryl/α,β-unsaturated/α-hetero) is 1. The minimum Gasteiger partial charge on any atom is -1.00 e. The summed E-state index contributed by atoms with van der Waals surface area (Å²) in [6, 6.07) is 10.8. The van der Waals surface area contributed by atoms with Crippen molar-refractivity contribution in [1.82, 2.24) is 4.90 Å². The third-order valence-electron chi connectivity index (χ3n) is 5.47. The van der Waals surface area contributed by atoms with Gasteiger partial charge in [-0.1, -0.05) is 30.3 Å². The molecule has 1 aromatic carbocycles. The zero-order chi connectivity index (χ0) is 14.0. The molecule has 4 aliphatic rings. The molecule has 0 N–H and O–H groups in total. The fourth-order valence-electron chi connectivity index (χ4n) is 5.45. The van der Waals surface area contributed by atoms with E-state index in [-0.39, 0.29) is 23.2 Å². The third-order valence-corrected chi connectivity index (χ3v) is 5.47. The van der Waals surface area contributed by atoms with E-state index in [2.05, 4.69) is 49.1 Å². The van der Waals surface area contributed by atoms with E-state index in [1.807, 2.05) is 0 Å². The summed E-state index contributed by atoms with van der Waals surface area (Å²) in [5.74, 6) is 0.516. The molecule has 4 aliphatic heterocycles. The molecule has 3 nitrogen and oxygen atoms in total. The molecule has 21 heavy (non-hydrogen) atoms. The summed E-state index contributed by atoms with van der Waals surface area (Å²) in [6.45, 7) is 10.5. The summed E-state index contributed by atoms with van der Waals surface area (Å²) >= 11 is 0. The maximum Gasteiger partial charge on any atom is 0.158 e. The van der Waals surface area contributed by atoms with Gasteiger partial charge in [-0.05, 0) is 13.8 Å². The standard InChI is InChI=1S/C17H23N2O.ClH/c1-16-9-18-10-17(2,15(16)20)12-19(11-16,13-18)8-14-6-4-3-5-7-14;/h3-7H,8-13H2,1-2H3;1H/q+1;/p-1/t16-,17+,19?;. The zero-order valence-electron chi connectivity index (χ0n) is 12.8. The van der Waals surface area contributed by atoms with E-state index >= 15 is 0 Å². The quantitative estimate of drug-likeness (QED) is 0.646. The normalized spacial score (nSPS) is 43.7. The summed E-state index contributed by atoms with van der Waals surface area (Å²) in [5, 5.41) is 0. The van der Waals surface area contributed by atoms with Crippen molar-refractivity contribution < 1.29 is 21.7 Å². The van der Waals surface area contributed by atoms with E-state index in [0.29, 0.717) is 5.78 Å². The molecule has 0 saturated carbocycles. The van der Waals surface area contributed by atoms with Gasteiger partial charge in [0.05, 0.1) is 23.9 Å². The maximum absolute atomic E-state index is 12.8. The Morgan fingerprint density at radius 1 is 1.10 bits per heavy atom. The van der Waals surface area contributed by atoms with E-state index < -0.39 is 0 Å². The number of benzene rings is 1. The van der Waals surface area contributed by atoms with Crippen LogP contribution in [0.3, 0.4) is 0 Å². The number of quaternary nitrogens is 1. The fourth-order valence-corrected chi connectivity index (χ4v) is 5.45. The second-order valence-electron chi connectivity index (χ2n) is 7.88. The molecule has 0 aliphatic carbocycles. The van der Waals surface area contributed by atoms with E-state index in [0.717, 1.165) is 43.9 Å². The number of hydrogen-bond donors (Lipinski definition) is 0. The molecule has 2 unspecified atom stereocenters. The van der Waals surface area contributed by atoms with E-state index in [9.17, 15) is 4.79 Å². The van der Waals surface area contributed by atoms with Crippen LogP contribution < -0.4 is 12.4 Å². The monoisotopic (exact) mass is 306 g/mol. The Balaban J connectivity index is 0.00000132. The van der Waals surface area contributed by atoms with Crippen LogP contribution in [0.2, 0.25) is 0 Å². The molecular formula is C17H23ClN2O. The molecule has 0 amide bonds. The highest BCUT2D eigenvalue weighted by Gasteiger charge is 2.66. The van der Waals surface area contributed by atoms with Crippen LogP contribution in [0.15, 0.2) is 30.3 Å². The summed E-state index contributed by atoms with van der Waals surface area (Å²) < 4.78 is 1.07. The Labute approximate surface area is 132 Å². The Bertz CT molecular complexity index is 551. The van der Waals surface area contributed by atoms with Gasteiger partial charge in [0.2, 0.25) is 0 Å². The number of piperidine rings is 2. The van der Waals surface area contributed by atoms with Crippen molar-refractivity contribution in [2.75, 3.05) is 32.8 Å². The van der Waals surface area contributed by atoms with Crippen LogP contribution in [0.25, 0.3) is 0 Å². The SMILES string of the molecule is C[C@]12CN3C[C@](C)(C[N+](Cc4ccccc4)(C3)C1)C2=O.[Cl-]. The minimum atomic E-state index is -0.127. The molecule has 0 radical (unpaired) electrons. The van der Waals surface area contributed by atoms with Gasteiger partial charge in [-0.2, -0.15) is 0 Å². The Kier molecular flexibility index (Phi) is 3.25. The molecule has 4 heterocycles. The van der Waals surface area contributed by atoms with E-state index in [1.54, 1.807) is 0 Å². The lowest BCUT2D eigenvalue weighted by atomic mass is 9.61. The first-order valence-electron chi connectivity index (χ1n) is 7.60. The van der Waals surface area contributed by atoms with Crippen molar-refractivity contribution in [3.05, 3.63) is 35.9 Å². The zero-order valence-corrected chi connectivity index (χ0v) is 13.6. The van der Waals surface area contributed by atoms with Crippen LogP contribution in [0.1, 0.15) is 19.4 Å². The summed E-state index contributed by atoms with van der Waals surface area (Å²) in [5.41, 5.74) is 1.15. The number of carbonyl (C=O) groups excluding carboxylic acids is 1. The molecule has 4 heteroatoms. The lowest BCUT2D eigenvalue weighted by Crippen LogP contribution is -3.00. The Hall–Kier alpha value is -0.900. The van der Waals surface area contributed by atoms with Gasteiger partial charge in [-0.25, -0.2) is 0 Å². The van der Waals surface area contributed by atoms with Gasteiger partial charge in [-0.15, -0.1) is 0 Å². The molecule has 114 valence electrons. The van der Waals surface area contributed by atoms with Gasteiger partial charge < -0.3 is 16.9 Å². The van der Waals surface area contributed by atoms with Crippen molar-refractivity contribution in [1.29, 1.82) is 0 Å². The van der Waals surface area contributed by atoms with Crippen LogP contribution >= 0.6 is 0 Å². The van der Waals surface area contributed by atoms with Gasteiger partial charge in [0.15, 0.2) is 5.78 Å². The average molecular weight is 307 g/mol. The predicted octanol–water partition coefficient (Wildman–Crippen LogP) is -1.11. The summed E-state index contributed by atoms with van der Waals surface area (Å²) in [4.78, 5) is 15.3. The van der Waals surface area contributed by atoms with Gasteiger partial charge in [0, 0.05) is 18.7 Å².